The molecule has 0 aliphatic heterocycles. The van der Waals surface area contributed by atoms with Crippen LogP contribution in [0.15, 0.2) is 48.0 Å². The number of thiophene rings is 1. The molecule has 0 saturated heterocycles. The largest absolute Gasteiger partial charge is 0.350 e. The van der Waals surface area contributed by atoms with Crippen molar-refractivity contribution in [3.05, 3.63) is 58.5 Å². The Morgan fingerprint density at radius 2 is 2.08 bits per heavy atom. The zero-order valence-corrected chi connectivity index (χ0v) is 15.6. The Morgan fingerprint density at radius 1 is 1.23 bits per heavy atom. The van der Waals surface area contributed by atoms with Crippen molar-refractivity contribution in [3.63, 3.8) is 0 Å². The molecule has 26 heavy (non-hydrogen) atoms. The monoisotopic (exact) mass is 366 g/mol. The predicted molar refractivity (Wildman–Crippen MR) is 103 cm³/mol. The fraction of sp³-hybridized carbons (Fsp3) is 0.350. The van der Waals surface area contributed by atoms with Crippen molar-refractivity contribution in [2.45, 2.75) is 37.6 Å². The number of aromatic nitrogens is 3. The topological polar surface area (TPSA) is 59.8 Å². The number of aryl methyl sites for hydroxylation is 1. The molecule has 1 aliphatic rings. The minimum atomic E-state index is -0.351. The van der Waals surface area contributed by atoms with E-state index in [-0.39, 0.29) is 11.3 Å². The van der Waals surface area contributed by atoms with E-state index < -0.39 is 0 Å². The van der Waals surface area contributed by atoms with Gasteiger partial charge in [-0.3, -0.25) is 14.5 Å². The molecule has 0 unspecified atom stereocenters. The molecule has 6 heteroatoms. The van der Waals surface area contributed by atoms with Crippen molar-refractivity contribution < 1.29 is 4.79 Å². The van der Waals surface area contributed by atoms with Gasteiger partial charge in [-0.25, -0.2) is 0 Å². The lowest BCUT2D eigenvalue weighted by Gasteiger charge is -2.26. The summed E-state index contributed by atoms with van der Waals surface area (Å²) in [6, 6.07) is 11.9. The van der Waals surface area contributed by atoms with Crippen molar-refractivity contribution in [3.8, 4) is 11.4 Å². The fourth-order valence-corrected chi connectivity index (χ4v) is 4.75. The third-order valence-corrected chi connectivity index (χ3v) is 6.29. The van der Waals surface area contributed by atoms with Gasteiger partial charge in [0.2, 0.25) is 5.91 Å². The molecular weight excluding hydrogens is 344 g/mol. The molecule has 0 bridgehead atoms. The lowest BCUT2D eigenvalue weighted by Crippen LogP contribution is -2.42. The van der Waals surface area contributed by atoms with Gasteiger partial charge in [-0.1, -0.05) is 25.0 Å². The van der Waals surface area contributed by atoms with Gasteiger partial charge in [0.15, 0.2) is 0 Å². The number of rotatable bonds is 5. The second-order valence-corrected chi connectivity index (χ2v) is 7.76. The average molecular weight is 366 g/mol. The molecular formula is C20H22N4OS. The van der Waals surface area contributed by atoms with Crippen LogP contribution in [0.4, 0.5) is 0 Å². The summed E-state index contributed by atoms with van der Waals surface area (Å²) in [5.41, 5.74) is 2.28. The maximum atomic E-state index is 13.1. The van der Waals surface area contributed by atoms with Crippen molar-refractivity contribution in [2.75, 3.05) is 0 Å². The molecule has 0 spiro atoms. The maximum Gasteiger partial charge on any atom is 0.231 e. The van der Waals surface area contributed by atoms with Crippen LogP contribution in [0.3, 0.4) is 0 Å². The number of amides is 1. The molecule has 0 atom stereocenters. The van der Waals surface area contributed by atoms with E-state index in [0.717, 1.165) is 42.8 Å². The highest BCUT2D eigenvalue weighted by atomic mass is 32.1. The summed E-state index contributed by atoms with van der Waals surface area (Å²) < 4.78 is 1.82. The maximum absolute atomic E-state index is 13.1. The van der Waals surface area contributed by atoms with Crippen LogP contribution in [0.1, 0.15) is 36.3 Å². The minimum absolute atomic E-state index is 0.137. The highest BCUT2D eigenvalue weighted by molar-refractivity contribution is 7.10. The molecule has 0 aromatic carbocycles. The number of carbonyl (C=O) groups is 1. The molecule has 1 aliphatic carbocycles. The van der Waals surface area contributed by atoms with Gasteiger partial charge >= 0.3 is 0 Å². The minimum Gasteiger partial charge on any atom is -0.350 e. The second-order valence-electron chi connectivity index (χ2n) is 6.81. The van der Waals surface area contributed by atoms with Gasteiger partial charge in [0.1, 0.15) is 5.69 Å². The van der Waals surface area contributed by atoms with Crippen LogP contribution in [-0.4, -0.2) is 20.7 Å². The number of pyridine rings is 1. The van der Waals surface area contributed by atoms with Gasteiger partial charge in [0.05, 0.1) is 23.3 Å². The Balaban J connectivity index is 1.50. The van der Waals surface area contributed by atoms with Gasteiger partial charge < -0.3 is 5.32 Å². The zero-order valence-electron chi connectivity index (χ0n) is 14.8. The summed E-state index contributed by atoms with van der Waals surface area (Å²) in [7, 11) is 1.90. The van der Waals surface area contributed by atoms with Gasteiger partial charge in [0.25, 0.3) is 0 Å². The molecule has 0 radical (unpaired) electrons. The number of carbonyl (C=O) groups excluding carboxylic acids is 1. The van der Waals surface area contributed by atoms with Crippen molar-refractivity contribution in [1.29, 1.82) is 0 Å². The normalized spacial score (nSPS) is 15.9. The zero-order chi connectivity index (χ0) is 18.0. The van der Waals surface area contributed by atoms with Crippen molar-refractivity contribution in [2.24, 2.45) is 7.05 Å². The number of nitrogens with zero attached hydrogens (tertiary/aromatic N) is 3. The quantitative estimate of drug-likeness (QED) is 0.749. The SMILES string of the molecule is Cn1nc(-c2ccccn2)cc1CNC(=O)C1(c2cccs2)CCCC1. The average Bonchev–Trinajstić information content (AvgIpc) is 3.41. The molecule has 3 aromatic heterocycles. The highest BCUT2D eigenvalue weighted by Crippen LogP contribution is 2.43. The van der Waals surface area contributed by atoms with E-state index in [1.807, 2.05) is 42.1 Å². The van der Waals surface area contributed by atoms with E-state index >= 15 is 0 Å². The molecule has 3 aromatic rings. The Labute approximate surface area is 157 Å². The van der Waals surface area contributed by atoms with E-state index in [0.29, 0.717) is 6.54 Å². The molecule has 1 saturated carbocycles. The standard InChI is InChI=1S/C20H22N4OS/c1-24-15(13-17(23-24)16-7-2-5-11-21-16)14-22-19(25)20(9-3-4-10-20)18-8-6-12-26-18/h2,5-8,11-13H,3-4,9-10,14H2,1H3,(H,22,25). The van der Waals surface area contributed by atoms with Crippen LogP contribution in [0, 0.1) is 0 Å². The summed E-state index contributed by atoms with van der Waals surface area (Å²) >= 11 is 1.69. The summed E-state index contributed by atoms with van der Waals surface area (Å²) in [6.45, 7) is 0.474. The Morgan fingerprint density at radius 3 is 2.77 bits per heavy atom. The van der Waals surface area contributed by atoms with Crippen LogP contribution < -0.4 is 5.32 Å². The summed E-state index contributed by atoms with van der Waals surface area (Å²) in [5.74, 6) is 0.137. The van der Waals surface area contributed by atoms with Gasteiger partial charge in [-0.15, -0.1) is 11.3 Å². The van der Waals surface area contributed by atoms with Gasteiger partial charge in [0, 0.05) is 18.1 Å². The molecule has 3 heterocycles. The van der Waals surface area contributed by atoms with E-state index in [9.17, 15) is 4.79 Å². The molecule has 4 rings (SSSR count). The molecule has 1 N–H and O–H groups in total. The van der Waals surface area contributed by atoms with Crippen molar-refractivity contribution in [1.82, 2.24) is 20.1 Å². The lowest BCUT2D eigenvalue weighted by molar-refractivity contribution is -0.126. The van der Waals surface area contributed by atoms with Crippen LogP contribution in [-0.2, 0) is 23.8 Å². The molecule has 134 valence electrons. The number of hydrogen-bond donors (Lipinski definition) is 1. The summed E-state index contributed by atoms with van der Waals surface area (Å²) in [4.78, 5) is 18.6. The van der Waals surface area contributed by atoms with Crippen LogP contribution >= 0.6 is 11.3 Å². The summed E-state index contributed by atoms with van der Waals surface area (Å²) in [5, 5.41) is 9.75. The molecule has 5 nitrogen and oxygen atoms in total. The summed E-state index contributed by atoms with van der Waals surface area (Å²) in [6.07, 6.45) is 5.85. The van der Waals surface area contributed by atoms with Crippen LogP contribution in [0.2, 0.25) is 0 Å². The third-order valence-electron chi connectivity index (χ3n) is 5.22. The van der Waals surface area contributed by atoms with Crippen LogP contribution in [0.5, 0.6) is 0 Å². The fourth-order valence-electron chi connectivity index (χ4n) is 3.77. The first-order valence-corrected chi connectivity index (χ1v) is 9.84. The number of nitrogens with one attached hydrogen (secondary N) is 1. The molecule has 1 amide bonds. The second kappa shape index (κ2) is 7.03. The Bertz CT molecular complexity index is 880. The van der Waals surface area contributed by atoms with Gasteiger partial charge in [-0.05, 0) is 42.5 Å². The first-order chi connectivity index (χ1) is 12.7. The predicted octanol–water partition coefficient (Wildman–Crippen LogP) is 3.67. The van der Waals surface area contributed by atoms with Crippen LogP contribution in [0.25, 0.3) is 11.4 Å². The Hall–Kier alpha value is -2.47. The van der Waals surface area contributed by atoms with E-state index in [2.05, 4.69) is 26.8 Å². The van der Waals surface area contributed by atoms with E-state index in [1.165, 1.54) is 4.88 Å². The number of hydrogen-bond acceptors (Lipinski definition) is 4. The van der Waals surface area contributed by atoms with E-state index in [4.69, 9.17) is 0 Å². The lowest BCUT2D eigenvalue weighted by atomic mass is 9.83. The first-order valence-electron chi connectivity index (χ1n) is 8.96. The smallest absolute Gasteiger partial charge is 0.231 e. The Kier molecular flexibility index (Phi) is 4.59. The highest BCUT2D eigenvalue weighted by Gasteiger charge is 2.43. The molecule has 1 fully saturated rings. The first kappa shape index (κ1) is 17.0. The van der Waals surface area contributed by atoms with Gasteiger partial charge in [-0.2, -0.15) is 5.10 Å². The van der Waals surface area contributed by atoms with E-state index in [1.54, 1.807) is 17.5 Å². The van der Waals surface area contributed by atoms with Crippen molar-refractivity contribution >= 4 is 17.2 Å². The third kappa shape index (κ3) is 3.05.